The Morgan fingerprint density at radius 2 is 2.00 bits per heavy atom. The van der Waals surface area contributed by atoms with Crippen molar-refractivity contribution in [1.82, 2.24) is 34.8 Å². The van der Waals surface area contributed by atoms with E-state index < -0.39 is 5.82 Å². The number of likely N-dealkylation sites (tertiary alicyclic amines) is 1. The first-order valence-electron chi connectivity index (χ1n) is 17.1. The zero-order valence-electron chi connectivity index (χ0n) is 27.2. The van der Waals surface area contributed by atoms with Crippen LogP contribution < -0.4 is 5.32 Å². The highest BCUT2D eigenvalue weighted by molar-refractivity contribution is 6.43. The van der Waals surface area contributed by atoms with Crippen LogP contribution in [-0.2, 0) is 11.2 Å². The maximum atomic E-state index is 17.1. The summed E-state index contributed by atoms with van der Waals surface area (Å²) in [7, 11) is 0. The minimum atomic E-state index is -0.502. The Balaban J connectivity index is 1.29. The fourth-order valence-electron chi connectivity index (χ4n) is 8.67. The topological polar surface area (TPSA) is 128 Å². The molecule has 3 aromatic heterocycles. The molecule has 6 heterocycles. The number of rotatable bonds is 7. The molecule has 2 saturated carbocycles. The molecule has 10 rings (SSSR count). The number of nitriles is 2. The molecule has 2 aromatic carbocycles. The molecular weight excluding hydrogens is 676 g/mol. The summed E-state index contributed by atoms with van der Waals surface area (Å²) in [5.41, 5.74) is 4.44. The number of aryl methyl sites for hydroxylation is 2. The molecular formula is C37H32Cl2FN9O. The van der Waals surface area contributed by atoms with Crippen molar-refractivity contribution in [2.24, 2.45) is 11.8 Å². The van der Waals surface area contributed by atoms with Crippen LogP contribution in [0.25, 0.3) is 32.9 Å². The first-order chi connectivity index (χ1) is 24.3. The van der Waals surface area contributed by atoms with Crippen LogP contribution in [0.4, 0.5) is 4.39 Å². The van der Waals surface area contributed by atoms with Crippen molar-refractivity contribution >= 4 is 50.9 Å². The summed E-state index contributed by atoms with van der Waals surface area (Å²) in [4.78, 5) is 22.4. The quantitative estimate of drug-likeness (QED) is 0.193. The number of nitrogens with zero attached hydrogens (tertiary/aromatic N) is 8. The summed E-state index contributed by atoms with van der Waals surface area (Å²) in [6.45, 7) is 3.23. The Labute approximate surface area is 297 Å². The van der Waals surface area contributed by atoms with Gasteiger partial charge in [0.1, 0.15) is 11.6 Å². The van der Waals surface area contributed by atoms with Gasteiger partial charge in [0.05, 0.1) is 46.0 Å². The van der Waals surface area contributed by atoms with Gasteiger partial charge in [-0.15, -0.1) is 5.10 Å². The fourth-order valence-corrected chi connectivity index (χ4v) is 9.07. The number of carbonyl (C=O) groups is 1. The third kappa shape index (κ3) is 4.75. The number of pyridine rings is 1. The van der Waals surface area contributed by atoms with Gasteiger partial charge >= 0.3 is 0 Å². The van der Waals surface area contributed by atoms with E-state index in [1.54, 1.807) is 23.0 Å². The maximum Gasteiger partial charge on any atom is 0.226 e. The van der Waals surface area contributed by atoms with Crippen LogP contribution in [0.1, 0.15) is 72.9 Å². The van der Waals surface area contributed by atoms with Gasteiger partial charge in [-0.25, -0.2) is 9.37 Å². The third-order valence-corrected chi connectivity index (χ3v) is 12.0. The van der Waals surface area contributed by atoms with E-state index in [4.69, 9.17) is 28.2 Å². The second-order valence-electron chi connectivity index (χ2n) is 14.1. The van der Waals surface area contributed by atoms with E-state index >= 15 is 4.39 Å². The van der Waals surface area contributed by atoms with Crippen LogP contribution in [0.5, 0.6) is 0 Å². The Morgan fingerprint density at radius 3 is 2.70 bits per heavy atom. The maximum absolute atomic E-state index is 17.1. The summed E-state index contributed by atoms with van der Waals surface area (Å²) < 4.78 is 19.5. The van der Waals surface area contributed by atoms with Gasteiger partial charge in [0.15, 0.2) is 11.5 Å². The van der Waals surface area contributed by atoms with Gasteiger partial charge in [-0.05, 0) is 68.7 Å². The van der Waals surface area contributed by atoms with Gasteiger partial charge in [-0.2, -0.15) is 20.4 Å². The van der Waals surface area contributed by atoms with E-state index in [9.17, 15) is 15.3 Å². The highest BCUT2D eigenvalue weighted by atomic mass is 35.5. The minimum Gasteiger partial charge on any atom is -0.337 e. The third-order valence-electron chi connectivity index (χ3n) is 11.2. The SMILES string of the molecule is Cc1nc2c(F)c(-c3cccc(Cl)c3Cl)c(CCC#N)cc2c2c1cc([C@H]1C[C@H](n3ncc(C#N)n3)CN1C(=O)C1CC1)n2[C@H]1[C@H]2CN[C@@H]1C2. The second kappa shape index (κ2) is 11.8. The van der Waals surface area contributed by atoms with Crippen LogP contribution >= 0.6 is 23.2 Å². The Morgan fingerprint density at radius 1 is 1.16 bits per heavy atom. The number of amides is 1. The van der Waals surface area contributed by atoms with Crippen LogP contribution in [-0.4, -0.2) is 54.5 Å². The summed E-state index contributed by atoms with van der Waals surface area (Å²) in [6.07, 6.45) is 5.35. The van der Waals surface area contributed by atoms with Crippen molar-refractivity contribution in [2.75, 3.05) is 13.1 Å². The van der Waals surface area contributed by atoms with Gasteiger partial charge in [0, 0.05) is 64.8 Å². The van der Waals surface area contributed by atoms with Crippen LogP contribution in [0.3, 0.4) is 0 Å². The largest absolute Gasteiger partial charge is 0.337 e. The van der Waals surface area contributed by atoms with E-state index in [1.165, 1.54) is 6.20 Å². The van der Waals surface area contributed by atoms with E-state index in [1.807, 2.05) is 17.9 Å². The molecule has 0 spiro atoms. The lowest BCUT2D eigenvalue weighted by molar-refractivity contribution is -0.133. The van der Waals surface area contributed by atoms with E-state index in [2.05, 4.69) is 38.3 Å². The predicted octanol–water partition coefficient (Wildman–Crippen LogP) is 6.99. The lowest BCUT2D eigenvalue weighted by Crippen LogP contribution is -2.41. The number of hydrogen-bond acceptors (Lipinski definition) is 7. The summed E-state index contributed by atoms with van der Waals surface area (Å²) >= 11 is 13.1. The van der Waals surface area contributed by atoms with Crippen LogP contribution in [0.15, 0.2) is 36.5 Å². The lowest BCUT2D eigenvalue weighted by atomic mass is 9.79. The smallest absolute Gasteiger partial charge is 0.226 e. The van der Waals surface area contributed by atoms with Gasteiger partial charge in [0.25, 0.3) is 0 Å². The molecule has 0 radical (unpaired) electrons. The number of fused-ring (bicyclic) bond motifs is 4. The molecule has 252 valence electrons. The molecule has 2 aliphatic carbocycles. The molecule has 1 N–H and O–H groups in total. The molecule has 1 amide bonds. The average molecular weight is 709 g/mol. The van der Waals surface area contributed by atoms with Crippen molar-refractivity contribution in [3.63, 3.8) is 0 Å². The molecule has 5 aromatic rings. The highest BCUT2D eigenvalue weighted by Crippen LogP contribution is 2.52. The van der Waals surface area contributed by atoms with Crippen molar-refractivity contribution in [3.8, 4) is 23.3 Å². The fraction of sp³-hybridized carbons (Fsp3) is 0.405. The highest BCUT2D eigenvalue weighted by Gasteiger charge is 2.51. The Bertz CT molecular complexity index is 2320. The minimum absolute atomic E-state index is 0.00800. The van der Waals surface area contributed by atoms with Gasteiger partial charge < -0.3 is 14.8 Å². The summed E-state index contributed by atoms with van der Waals surface area (Å²) in [6, 6.07) is 13.4. The summed E-state index contributed by atoms with van der Waals surface area (Å²) in [5, 5.41) is 33.6. The van der Waals surface area contributed by atoms with Crippen molar-refractivity contribution < 1.29 is 9.18 Å². The number of halogens is 3. The number of hydrogen-bond donors (Lipinski definition) is 1. The lowest BCUT2D eigenvalue weighted by Gasteiger charge is -2.39. The van der Waals surface area contributed by atoms with E-state index in [-0.39, 0.29) is 58.6 Å². The standard InChI is InChI=1S/C37H32Cl2FN9O/c1-18-25-13-30(29-12-23(49-44-16-22(14-42)46-49)17-47(29)37(50)19-7-8-19)48(35-21-11-28(35)43-15-21)36(25)26-10-20(4-3-9-41)31(33(40)34(26)45-18)24-5-2-6-27(38)32(24)39/h2,5-6,10,13,16,19,21,23,28-29,35,43H,3-4,7-8,11-12,15,17H2,1H3/t21-,23+,28-,29-,35+/m1/s1. The Hall–Kier alpha value is -4.55. The zero-order chi connectivity index (χ0) is 34.4. The number of nitrogens with one attached hydrogen (secondary N) is 1. The molecule has 5 atom stereocenters. The van der Waals surface area contributed by atoms with Crippen molar-refractivity contribution in [3.05, 3.63) is 75.0 Å². The Kier molecular flexibility index (Phi) is 7.40. The molecule has 50 heavy (non-hydrogen) atoms. The molecule has 3 aliphatic heterocycles. The van der Waals surface area contributed by atoms with Gasteiger partial charge in [-0.3, -0.25) is 4.79 Å². The van der Waals surface area contributed by atoms with Gasteiger partial charge in [0.2, 0.25) is 5.91 Å². The van der Waals surface area contributed by atoms with Crippen molar-refractivity contribution in [1.29, 1.82) is 10.5 Å². The molecule has 13 heteroatoms. The van der Waals surface area contributed by atoms with Crippen LogP contribution in [0, 0.1) is 47.2 Å². The van der Waals surface area contributed by atoms with Gasteiger partial charge in [-0.1, -0.05) is 35.3 Å². The number of carbonyl (C=O) groups excluding carboxylic acids is 1. The molecule has 2 bridgehead atoms. The molecule has 3 saturated heterocycles. The molecule has 10 nitrogen and oxygen atoms in total. The number of benzene rings is 2. The normalized spacial score (nSPS) is 24.1. The first kappa shape index (κ1) is 31.4. The van der Waals surface area contributed by atoms with Crippen molar-refractivity contribution in [2.45, 2.75) is 69.6 Å². The zero-order valence-corrected chi connectivity index (χ0v) is 28.7. The van der Waals surface area contributed by atoms with E-state index in [0.29, 0.717) is 58.1 Å². The van der Waals surface area contributed by atoms with Crippen LogP contribution in [0.2, 0.25) is 10.0 Å². The second-order valence-corrected chi connectivity index (χ2v) is 14.9. The molecule has 0 unspecified atom stereocenters. The molecule has 5 fully saturated rings. The monoisotopic (exact) mass is 707 g/mol. The van der Waals surface area contributed by atoms with E-state index in [0.717, 1.165) is 42.4 Å². The summed E-state index contributed by atoms with van der Waals surface area (Å²) in [5.74, 6) is 0.0251. The number of aromatic nitrogens is 5. The average Bonchev–Trinajstić information content (AvgIpc) is 3.60. The predicted molar refractivity (Wildman–Crippen MR) is 186 cm³/mol. The first-order valence-corrected chi connectivity index (χ1v) is 17.9. The molecule has 5 aliphatic rings.